The van der Waals surface area contributed by atoms with Gasteiger partial charge in [-0.15, -0.1) is 0 Å². The van der Waals surface area contributed by atoms with Crippen LogP contribution in [-0.2, 0) is 39.0 Å². The minimum absolute atomic E-state index is 0. The fraction of sp³-hybridized carbons (Fsp3) is 0.523. The van der Waals surface area contributed by atoms with E-state index in [-0.39, 0.29) is 74.5 Å². The van der Waals surface area contributed by atoms with E-state index in [0.717, 1.165) is 86.1 Å². The molecule has 456 valence electrons. The lowest BCUT2D eigenvalue weighted by Gasteiger charge is -2.28. The quantitative estimate of drug-likeness (QED) is 0.0203. The normalized spacial score (nSPS) is 18.0. The maximum Gasteiger partial charge on any atom is 0.335 e. The molecule has 2 saturated carbocycles. The highest BCUT2D eigenvalue weighted by molar-refractivity contribution is 7.99. The number of hydrogen-bond donors (Lipinski definition) is 9. The van der Waals surface area contributed by atoms with E-state index in [0.29, 0.717) is 61.7 Å². The molecule has 3 atom stereocenters. The lowest BCUT2D eigenvalue weighted by Crippen LogP contribution is -2.51. The van der Waals surface area contributed by atoms with E-state index in [1.807, 2.05) is 83.1 Å². The van der Waals surface area contributed by atoms with Crippen molar-refractivity contribution < 1.29 is 24.0 Å². The number of urea groups is 2. The van der Waals surface area contributed by atoms with Gasteiger partial charge in [0.2, 0.25) is 17.7 Å². The van der Waals surface area contributed by atoms with Crippen LogP contribution in [0.4, 0.5) is 9.59 Å². The zero-order valence-electron chi connectivity index (χ0n) is 48.6. The molecule has 0 unspecified atom stereocenters. The lowest BCUT2D eigenvalue weighted by atomic mass is 9.81. The number of hydrogen-bond acceptors (Lipinski definition) is 11. The van der Waals surface area contributed by atoms with Crippen LogP contribution >= 0.6 is 23.5 Å². The summed E-state index contributed by atoms with van der Waals surface area (Å²) < 4.78 is 0. The number of nitrogens with two attached hydrogens (primary N) is 2. The van der Waals surface area contributed by atoms with Crippen molar-refractivity contribution in [1.82, 2.24) is 37.4 Å². The Morgan fingerprint density at radius 1 is 0.530 bits per heavy atom. The van der Waals surface area contributed by atoms with Crippen LogP contribution in [-0.4, -0.2) is 83.9 Å². The van der Waals surface area contributed by atoms with Crippen LogP contribution in [0.3, 0.4) is 0 Å². The van der Waals surface area contributed by atoms with Crippen LogP contribution in [0, 0.1) is 43.4 Å². The van der Waals surface area contributed by atoms with E-state index in [9.17, 15) is 24.0 Å². The van der Waals surface area contributed by atoms with Gasteiger partial charge in [0.25, 0.3) is 0 Å². The summed E-state index contributed by atoms with van der Waals surface area (Å²) in [6, 6.07) is 35.0. The molecule has 83 heavy (non-hydrogen) atoms. The molecule has 0 bridgehead atoms. The number of nitrogens with zero attached hydrogens (tertiary/aromatic N) is 2. The summed E-state index contributed by atoms with van der Waals surface area (Å²) in [7, 11) is 0. The number of nitrogens with one attached hydrogen (secondary N) is 7. The van der Waals surface area contributed by atoms with Gasteiger partial charge in [-0.05, 0) is 118 Å². The fourth-order valence-corrected chi connectivity index (χ4v) is 11.5. The Balaban J connectivity index is 0.000000431. The number of carbonyl (C=O) groups is 5. The number of carbonyl (C=O) groups excluding carboxylic acids is 5. The second-order valence-corrected chi connectivity index (χ2v) is 23.9. The summed E-state index contributed by atoms with van der Waals surface area (Å²) in [5.41, 5.74) is 26.1. The third-order valence-electron chi connectivity index (χ3n) is 15.1. The minimum Gasteiger partial charge on any atom is -0.352 e. The smallest absolute Gasteiger partial charge is 0.335 e. The summed E-state index contributed by atoms with van der Waals surface area (Å²) >= 11 is 3.41. The molecule has 11 N–H and O–H groups in total. The second-order valence-electron chi connectivity index (χ2n) is 21.9. The Hall–Kier alpha value is -6.21. The Labute approximate surface area is 505 Å². The van der Waals surface area contributed by atoms with Crippen molar-refractivity contribution in [3.8, 4) is 0 Å². The molecule has 0 aliphatic heterocycles. The Morgan fingerprint density at radius 2 is 0.928 bits per heavy atom. The van der Waals surface area contributed by atoms with Gasteiger partial charge in [0.05, 0.1) is 23.5 Å². The topological polar surface area (TPSA) is 246 Å². The standard InChI is InChI=1S/C34H50N6O3S.C29H41N5O2S.2CH4/c1-5-29(38-33(42)31(35)23(2)3)30(22-44-21-27-9-7-6-8-10-27)39-40-34(43)37-20-26-15-17-28(18-16-26)32(41)36-19-25-13-11-24(4)12-14-25;1-3-26(30)27(20-37-19-24-7-5-4-6-8-24)33-34-29(36)32-18-23-13-15-25(16-14-23)28(35)31-17-22-11-9-21(2)10-12-22;;/h6-14,23,26,28-29,31H,5,15-22,35H2,1-4H3,(H,36,41)(H,38,42)(H2,37,40,43);4-12,23,25-26H,3,13-20,30H2,1-2H3,(H,31,35)(H2,32,34,36);2*1H4/b39-30+;33-27+;;/t26?,28?,29-,31-;23?,25?,26-;;/m00../s1. The van der Waals surface area contributed by atoms with Gasteiger partial charge in [-0.2, -0.15) is 33.7 Å². The average Bonchev–Trinajstić information content (AvgIpc) is 3.52. The Bertz CT molecular complexity index is 2570. The molecule has 0 heterocycles. The van der Waals surface area contributed by atoms with E-state index in [1.165, 1.54) is 22.3 Å². The number of aryl methyl sites for hydroxylation is 2. The molecule has 0 spiro atoms. The van der Waals surface area contributed by atoms with Crippen molar-refractivity contribution in [3.63, 3.8) is 0 Å². The van der Waals surface area contributed by atoms with Crippen LogP contribution < -0.4 is 48.9 Å². The maximum absolute atomic E-state index is 12.7. The van der Waals surface area contributed by atoms with Crippen molar-refractivity contribution in [3.05, 3.63) is 143 Å². The van der Waals surface area contributed by atoms with Crippen LogP contribution in [0.2, 0.25) is 0 Å². The van der Waals surface area contributed by atoms with Crippen LogP contribution in [0.1, 0.15) is 140 Å². The van der Waals surface area contributed by atoms with Gasteiger partial charge in [0.15, 0.2) is 0 Å². The third kappa shape index (κ3) is 26.9. The SMILES string of the molecule is C.C.CC[C@H](N)/C(CSCc1ccccc1)=N/NC(=O)NCC1CCC(C(=O)NCc2ccc(C)cc2)CC1.CC[C@H](NC(=O)[C@@H](N)C(C)C)/C(CSCc1ccccc1)=N/NC(=O)NCC1CCC(C(=O)NCc2ccc(C)cc2)CC1. The monoisotopic (exact) mass is 1180 g/mol. The van der Waals surface area contributed by atoms with Crippen LogP contribution in [0.25, 0.3) is 0 Å². The molecule has 7 amide bonds. The van der Waals surface area contributed by atoms with Crippen molar-refractivity contribution in [2.24, 2.45) is 51.3 Å². The molecule has 16 nitrogen and oxygen atoms in total. The molecule has 6 rings (SSSR count). The zero-order valence-corrected chi connectivity index (χ0v) is 50.3. The zero-order chi connectivity index (χ0) is 58.4. The molecule has 4 aromatic carbocycles. The van der Waals surface area contributed by atoms with Gasteiger partial charge in [-0.25, -0.2) is 20.4 Å². The fourth-order valence-electron chi connectivity index (χ4n) is 9.49. The first kappa shape index (κ1) is 71.1. The van der Waals surface area contributed by atoms with Crippen LogP contribution in [0.15, 0.2) is 119 Å². The Morgan fingerprint density at radius 3 is 1.31 bits per heavy atom. The summed E-state index contributed by atoms with van der Waals surface area (Å²) in [5.74, 6) is 3.62. The van der Waals surface area contributed by atoms with Gasteiger partial charge in [0, 0.05) is 67.1 Å². The van der Waals surface area contributed by atoms with E-state index >= 15 is 0 Å². The van der Waals surface area contributed by atoms with Crippen molar-refractivity contribution in [1.29, 1.82) is 0 Å². The van der Waals surface area contributed by atoms with Gasteiger partial charge < -0.3 is 38.1 Å². The summed E-state index contributed by atoms with van der Waals surface area (Å²) in [4.78, 5) is 63.1. The number of hydrazone groups is 2. The first-order valence-electron chi connectivity index (χ1n) is 29.0. The first-order valence-corrected chi connectivity index (χ1v) is 31.3. The molecular formula is C65H99N11O5S2. The van der Waals surface area contributed by atoms with Crippen molar-refractivity contribution in [2.75, 3.05) is 24.6 Å². The van der Waals surface area contributed by atoms with Gasteiger partial charge in [-0.3, -0.25) is 14.4 Å². The summed E-state index contributed by atoms with van der Waals surface area (Å²) in [5, 5.41) is 23.8. The summed E-state index contributed by atoms with van der Waals surface area (Å²) in [6.45, 7) is 14.1. The molecular weight excluding hydrogens is 1080 g/mol. The second kappa shape index (κ2) is 39.4. The first-order chi connectivity index (χ1) is 39.1. The number of rotatable bonds is 27. The predicted molar refractivity (Wildman–Crippen MR) is 347 cm³/mol. The number of amides is 7. The van der Waals surface area contributed by atoms with Gasteiger partial charge in [-0.1, -0.05) is 163 Å². The van der Waals surface area contributed by atoms with E-state index in [2.05, 4.69) is 115 Å². The molecule has 2 aliphatic carbocycles. The highest BCUT2D eigenvalue weighted by Crippen LogP contribution is 2.30. The minimum atomic E-state index is -0.618. The molecule has 0 saturated heterocycles. The molecule has 2 fully saturated rings. The van der Waals surface area contributed by atoms with E-state index in [1.54, 1.807) is 23.5 Å². The molecule has 2 aliphatic rings. The lowest BCUT2D eigenvalue weighted by molar-refractivity contribution is -0.127. The number of thioether (sulfide) groups is 2. The van der Waals surface area contributed by atoms with E-state index in [4.69, 9.17) is 11.5 Å². The Kier molecular flexibility index (Phi) is 33.7. The largest absolute Gasteiger partial charge is 0.352 e. The summed E-state index contributed by atoms with van der Waals surface area (Å²) in [6.07, 6.45) is 8.31. The average molecular weight is 1180 g/mol. The molecule has 18 heteroatoms. The van der Waals surface area contributed by atoms with E-state index < -0.39 is 6.04 Å². The molecule has 0 radical (unpaired) electrons. The number of benzene rings is 4. The highest BCUT2D eigenvalue weighted by atomic mass is 32.2. The van der Waals surface area contributed by atoms with Crippen molar-refractivity contribution >= 4 is 64.7 Å². The van der Waals surface area contributed by atoms with Crippen LogP contribution in [0.5, 0.6) is 0 Å². The molecule has 4 aromatic rings. The molecule has 0 aromatic heterocycles. The van der Waals surface area contributed by atoms with Gasteiger partial charge in [0.1, 0.15) is 0 Å². The highest BCUT2D eigenvalue weighted by Gasteiger charge is 2.28. The maximum atomic E-state index is 12.7. The third-order valence-corrected chi connectivity index (χ3v) is 17.1. The predicted octanol–water partition coefficient (Wildman–Crippen LogP) is 10.9. The van der Waals surface area contributed by atoms with Gasteiger partial charge >= 0.3 is 12.1 Å². The van der Waals surface area contributed by atoms with Crippen molar-refractivity contribution in [2.45, 2.75) is 163 Å².